The number of amides is 1. The maximum atomic E-state index is 12.2. The van der Waals surface area contributed by atoms with Crippen LogP contribution in [0.2, 0.25) is 0 Å². The normalized spacial score (nSPS) is 10.1. The van der Waals surface area contributed by atoms with Crippen LogP contribution in [0.1, 0.15) is 24.0 Å². The van der Waals surface area contributed by atoms with Crippen LogP contribution in [0, 0.1) is 6.92 Å². The molecule has 0 aliphatic carbocycles. The van der Waals surface area contributed by atoms with Crippen LogP contribution >= 0.6 is 0 Å². The Morgan fingerprint density at radius 2 is 1.95 bits per heavy atom. The first-order valence-electron chi connectivity index (χ1n) is 6.92. The Morgan fingerprint density at radius 1 is 1.24 bits per heavy atom. The second-order valence-electron chi connectivity index (χ2n) is 4.99. The van der Waals surface area contributed by atoms with Gasteiger partial charge in [-0.15, -0.1) is 0 Å². The molecule has 0 saturated heterocycles. The summed E-state index contributed by atoms with van der Waals surface area (Å²) in [6.45, 7) is 2.51. The van der Waals surface area contributed by atoms with Gasteiger partial charge in [-0.3, -0.25) is 9.59 Å². The summed E-state index contributed by atoms with van der Waals surface area (Å²) < 4.78 is 9.85. The van der Waals surface area contributed by atoms with Crippen molar-refractivity contribution in [3.8, 4) is 5.75 Å². The molecule has 0 spiro atoms. The van der Waals surface area contributed by atoms with Crippen molar-refractivity contribution in [1.29, 1.82) is 0 Å². The lowest BCUT2D eigenvalue weighted by atomic mass is 10.1. The average molecular weight is 293 g/mol. The summed E-state index contributed by atoms with van der Waals surface area (Å²) in [6, 6.07) is 5.78. The minimum absolute atomic E-state index is 0.00349. The number of benzene rings is 1. The molecule has 1 amide bonds. The van der Waals surface area contributed by atoms with E-state index in [1.165, 1.54) is 7.11 Å². The molecule has 0 aromatic heterocycles. The third-order valence-corrected chi connectivity index (χ3v) is 3.31. The molecule has 0 fully saturated rings. The van der Waals surface area contributed by atoms with E-state index in [0.29, 0.717) is 25.8 Å². The van der Waals surface area contributed by atoms with Gasteiger partial charge in [0.05, 0.1) is 20.6 Å². The average Bonchev–Trinajstić information content (AvgIpc) is 2.47. The van der Waals surface area contributed by atoms with Crippen LogP contribution < -0.4 is 4.74 Å². The predicted molar refractivity (Wildman–Crippen MR) is 80.3 cm³/mol. The highest BCUT2D eigenvalue weighted by atomic mass is 16.5. The topological polar surface area (TPSA) is 55.8 Å². The largest absolute Gasteiger partial charge is 0.496 e. The number of aryl methyl sites for hydroxylation is 1. The quantitative estimate of drug-likeness (QED) is 0.721. The maximum absolute atomic E-state index is 12.2. The number of carbonyl (C=O) groups is 2. The maximum Gasteiger partial charge on any atom is 0.305 e. The third kappa shape index (κ3) is 5.45. The van der Waals surface area contributed by atoms with E-state index >= 15 is 0 Å². The molecule has 0 saturated carbocycles. The molecule has 0 atom stereocenters. The van der Waals surface area contributed by atoms with Crippen molar-refractivity contribution in [3.05, 3.63) is 29.3 Å². The highest BCUT2D eigenvalue weighted by molar-refractivity contribution is 5.79. The van der Waals surface area contributed by atoms with E-state index in [2.05, 4.69) is 4.74 Å². The number of carbonyl (C=O) groups excluding carboxylic acids is 2. The van der Waals surface area contributed by atoms with E-state index in [0.717, 1.165) is 16.9 Å². The number of hydrogen-bond acceptors (Lipinski definition) is 4. The smallest absolute Gasteiger partial charge is 0.305 e. The van der Waals surface area contributed by atoms with Crippen LogP contribution in [-0.2, 0) is 20.7 Å². The van der Waals surface area contributed by atoms with Gasteiger partial charge in [-0.25, -0.2) is 0 Å². The summed E-state index contributed by atoms with van der Waals surface area (Å²) in [4.78, 5) is 24.9. The van der Waals surface area contributed by atoms with E-state index in [1.807, 2.05) is 25.1 Å². The molecule has 116 valence electrons. The zero-order chi connectivity index (χ0) is 15.8. The Bertz CT molecular complexity index is 499. The molecule has 0 bridgehead atoms. The first kappa shape index (κ1) is 17.0. The van der Waals surface area contributed by atoms with Crippen LogP contribution in [-0.4, -0.2) is 44.6 Å². The SMILES string of the molecule is COC(=O)CCCN(C)C(=O)Cc1cc(C)ccc1OC. The monoisotopic (exact) mass is 293 g/mol. The molecule has 0 heterocycles. The second-order valence-corrected chi connectivity index (χ2v) is 4.99. The molecule has 1 aromatic rings. The molecule has 0 unspecified atom stereocenters. The standard InChI is InChI=1S/C16H23NO4/c1-12-7-8-14(20-3)13(10-12)11-15(18)17(2)9-5-6-16(19)21-4/h7-8,10H,5-6,9,11H2,1-4H3. The number of esters is 1. The molecular formula is C16H23NO4. The van der Waals surface area contributed by atoms with E-state index in [-0.39, 0.29) is 11.9 Å². The Morgan fingerprint density at radius 3 is 2.57 bits per heavy atom. The molecule has 0 aliphatic rings. The molecule has 21 heavy (non-hydrogen) atoms. The lowest BCUT2D eigenvalue weighted by Gasteiger charge is -2.18. The lowest BCUT2D eigenvalue weighted by Crippen LogP contribution is -2.29. The van der Waals surface area contributed by atoms with Crippen molar-refractivity contribution in [1.82, 2.24) is 4.90 Å². The van der Waals surface area contributed by atoms with Gasteiger partial charge in [-0.05, 0) is 19.4 Å². The van der Waals surface area contributed by atoms with E-state index in [9.17, 15) is 9.59 Å². The Balaban J connectivity index is 2.56. The first-order chi connectivity index (χ1) is 9.97. The van der Waals surface area contributed by atoms with Crippen molar-refractivity contribution in [3.63, 3.8) is 0 Å². The second kappa shape index (κ2) is 8.29. The van der Waals surface area contributed by atoms with Gasteiger partial charge < -0.3 is 14.4 Å². The van der Waals surface area contributed by atoms with Crippen molar-refractivity contribution in [2.75, 3.05) is 27.8 Å². The fourth-order valence-electron chi connectivity index (χ4n) is 2.03. The first-order valence-corrected chi connectivity index (χ1v) is 6.92. The summed E-state index contributed by atoms with van der Waals surface area (Å²) in [5.41, 5.74) is 1.97. The fourth-order valence-corrected chi connectivity index (χ4v) is 2.03. The van der Waals surface area contributed by atoms with Crippen LogP contribution in [0.25, 0.3) is 0 Å². The van der Waals surface area contributed by atoms with Crippen molar-refractivity contribution in [2.24, 2.45) is 0 Å². The number of ether oxygens (including phenoxy) is 2. The van der Waals surface area contributed by atoms with Crippen molar-refractivity contribution in [2.45, 2.75) is 26.2 Å². The summed E-state index contributed by atoms with van der Waals surface area (Å²) in [5.74, 6) is 0.469. The summed E-state index contributed by atoms with van der Waals surface area (Å²) >= 11 is 0. The van der Waals surface area contributed by atoms with Crippen LogP contribution in [0.4, 0.5) is 0 Å². The van der Waals surface area contributed by atoms with Gasteiger partial charge in [-0.2, -0.15) is 0 Å². The molecule has 0 N–H and O–H groups in total. The lowest BCUT2D eigenvalue weighted by molar-refractivity contribution is -0.141. The number of rotatable bonds is 7. The van der Waals surface area contributed by atoms with Gasteiger partial charge in [0.2, 0.25) is 5.91 Å². The highest BCUT2D eigenvalue weighted by Gasteiger charge is 2.13. The van der Waals surface area contributed by atoms with Gasteiger partial charge >= 0.3 is 5.97 Å². The summed E-state index contributed by atoms with van der Waals surface area (Å²) in [5, 5.41) is 0. The number of hydrogen-bond donors (Lipinski definition) is 0. The van der Waals surface area contributed by atoms with Gasteiger partial charge in [0.25, 0.3) is 0 Å². The molecule has 5 heteroatoms. The van der Waals surface area contributed by atoms with Gasteiger partial charge in [0.1, 0.15) is 5.75 Å². The fraction of sp³-hybridized carbons (Fsp3) is 0.500. The van der Waals surface area contributed by atoms with Crippen LogP contribution in [0.3, 0.4) is 0 Å². The molecule has 0 aliphatic heterocycles. The summed E-state index contributed by atoms with van der Waals surface area (Å²) in [7, 11) is 4.70. The molecule has 0 radical (unpaired) electrons. The third-order valence-electron chi connectivity index (χ3n) is 3.31. The minimum atomic E-state index is -0.254. The number of likely N-dealkylation sites (N-methyl/N-ethyl adjacent to an activating group) is 1. The predicted octanol–water partition coefficient (Wildman–Crippen LogP) is 1.96. The van der Waals surface area contributed by atoms with Crippen LogP contribution in [0.15, 0.2) is 18.2 Å². The van der Waals surface area contributed by atoms with E-state index in [4.69, 9.17) is 4.74 Å². The zero-order valence-corrected chi connectivity index (χ0v) is 13.1. The minimum Gasteiger partial charge on any atom is -0.496 e. The zero-order valence-electron chi connectivity index (χ0n) is 13.1. The molecule has 1 rings (SSSR count). The molecular weight excluding hydrogens is 270 g/mol. The van der Waals surface area contributed by atoms with Crippen molar-refractivity contribution >= 4 is 11.9 Å². The van der Waals surface area contributed by atoms with E-state index < -0.39 is 0 Å². The van der Waals surface area contributed by atoms with Crippen molar-refractivity contribution < 1.29 is 19.1 Å². The Hall–Kier alpha value is -2.04. The number of methoxy groups -OCH3 is 2. The summed E-state index contributed by atoms with van der Waals surface area (Å²) in [6.07, 6.45) is 1.21. The van der Waals surface area contributed by atoms with Gasteiger partial charge in [0, 0.05) is 25.6 Å². The van der Waals surface area contributed by atoms with Gasteiger partial charge in [0.15, 0.2) is 0 Å². The Kier molecular flexibility index (Phi) is 6.72. The van der Waals surface area contributed by atoms with E-state index in [1.54, 1.807) is 19.1 Å². The van der Waals surface area contributed by atoms with Gasteiger partial charge in [-0.1, -0.05) is 17.7 Å². The highest BCUT2D eigenvalue weighted by Crippen LogP contribution is 2.20. The Labute approximate surface area is 125 Å². The molecule has 5 nitrogen and oxygen atoms in total. The molecule has 1 aromatic carbocycles. The number of nitrogens with zero attached hydrogens (tertiary/aromatic N) is 1. The van der Waals surface area contributed by atoms with Crippen LogP contribution in [0.5, 0.6) is 5.75 Å².